The average Bonchev–Trinajstić information content (AvgIpc) is 2.38. The van der Waals surface area contributed by atoms with Crippen LogP contribution in [0.15, 0.2) is 12.3 Å². The van der Waals surface area contributed by atoms with Crippen LogP contribution in [-0.4, -0.2) is 47.4 Å². The van der Waals surface area contributed by atoms with Crippen LogP contribution in [0.5, 0.6) is 0 Å². The van der Waals surface area contributed by atoms with Gasteiger partial charge in [0.15, 0.2) is 0 Å². The summed E-state index contributed by atoms with van der Waals surface area (Å²) in [7, 11) is 0. The van der Waals surface area contributed by atoms with Gasteiger partial charge in [-0.05, 0) is 6.07 Å². The van der Waals surface area contributed by atoms with Crippen LogP contribution in [0.3, 0.4) is 0 Å². The number of nitrogens with one attached hydrogen (secondary N) is 1. The van der Waals surface area contributed by atoms with E-state index in [1.807, 2.05) is 0 Å². The van der Waals surface area contributed by atoms with Crippen molar-refractivity contribution in [3.8, 4) is 0 Å². The second-order valence-corrected chi connectivity index (χ2v) is 4.02. The number of thiocarbonyl (C=S) groups is 1. The summed E-state index contributed by atoms with van der Waals surface area (Å²) in [6.07, 6.45) is 1.64. The normalized spacial score (nSPS) is 19.9. The van der Waals surface area contributed by atoms with Crippen molar-refractivity contribution < 1.29 is 9.47 Å². The molecule has 0 spiro atoms. The van der Waals surface area contributed by atoms with Gasteiger partial charge in [0.05, 0.1) is 25.9 Å². The molecule has 0 saturated carbocycles. The quantitative estimate of drug-likeness (QED) is 0.728. The highest BCUT2D eigenvalue weighted by atomic mass is 32.1. The SMILES string of the molecule is NC(=S)c1ccnc(NCC2COCCO2)n1. The smallest absolute Gasteiger partial charge is 0.223 e. The minimum atomic E-state index is 0.0286. The summed E-state index contributed by atoms with van der Waals surface area (Å²) >= 11 is 4.85. The van der Waals surface area contributed by atoms with E-state index < -0.39 is 0 Å². The van der Waals surface area contributed by atoms with Crippen LogP contribution in [0, 0.1) is 0 Å². The van der Waals surface area contributed by atoms with Crippen LogP contribution in [-0.2, 0) is 9.47 Å². The zero-order valence-corrected chi connectivity index (χ0v) is 10.1. The molecule has 1 aliphatic heterocycles. The lowest BCUT2D eigenvalue weighted by Gasteiger charge is -2.23. The first kappa shape index (κ1) is 12.2. The fourth-order valence-electron chi connectivity index (χ4n) is 1.44. The maximum Gasteiger partial charge on any atom is 0.223 e. The van der Waals surface area contributed by atoms with Crippen molar-refractivity contribution in [2.45, 2.75) is 6.10 Å². The van der Waals surface area contributed by atoms with Gasteiger partial charge in [0.2, 0.25) is 5.95 Å². The van der Waals surface area contributed by atoms with Gasteiger partial charge in [0.25, 0.3) is 0 Å². The van der Waals surface area contributed by atoms with Crippen LogP contribution in [0.1, 0.15) is 5.69 Å². The predicted molar refractivity (Wildman–Crippen MR) is 67.0 cm³/mol. The van der Waals surface area contributed by atoms with Crippen molar-refractivity contribution in [1.29, 1.82) is 0 Å². The molecule has 0 aliphatic carbocycles. The molecule has 1 aromatic heterocycles. The third-order valence-corrected chi connectivity index (χ3v) is 2.49. The second kappa shape index (κ2) is 5.85. The van der Waals surface area contributed by atoms with Crippen molar-refractivity contribution in [1.82, 2.24) is 9.97 Å². The number of hydrogen-bond donors (Lipinski definition) is 2. The monoisotopic (exact) mass is 254 g/mol. The summed E-state index contributed by atoms with van der Waals surface area (Å²) in [6.45, 7) is 2.47. The lowest BCUT2D eigenvalue weighted by atomic mass is 10.3. The van der Waals surface area contributed by atoms with Crippen LogP contribution >= 0.6 is 12.2 Å². The molecule has 1 aliphatic rings. The van der Waals surface area contributed by atoms with Gasteiger partial charge < -0.3 is 20.5 Å². The molecule has 1 unspecified atom stereocenters. The molecule has 17 heavy (non-hydrogen) atoms. The van der Waals surface area contributed by atoms with Crippen molar-refractivity contribution >= 4 is 23.2 Å². The Hall–Kier alpha value is -1.31. The Balaban J connectivity index is 1.89. The minimum Gasteiger partial charge on any atom is -0.388 e. The summed E-state index contributed by atoms with van der Waals surface area (Å²) in [4.78, 5) is 8.50. The maximum atomic E-state index is 5.49. The van der Waals surface area contributed by atoms with Crippen LogP contribution in [0.2, 0.25) is 0 Å². The van der Waals surface area contributed by atoms with Gasteiger partial charge in [-0.1, -0.05) is 12.2 Å². The zero-order valence-electron chi connectivity index (χ0n) is 9.26. The molecule has 7 heteroatoms. The molecule has 0 amide bonds. The Morgan fingerprint density at radius 2 is 2.47 bits per heavy atom. The first-order chi connectivity index (χ1) is 8.25. The molecule has 1 fully saturated rings. The van der Waals surface area contributed by atoms with E-state index in [9.17, 15) is 0 Å². The van der Waals surface area contributed by atoms with Gasteiger partial charge in [-0.25, -0.2) is 9.97 Å². The van der Waals surface area contributed by atoms with Gasteiger partial charge in [0.1, 0.15) is 10.7 Å². The van der Waals surface area contributed by atoms with Gasteiger partial charge >= 0.3 is 0 Å². The fraction of sp³-hybridized carbons (Fsp3) is 0.500. The summed E-state index contributed by atoms with van der Waals surface area (Å²) < 4.78 is 10.8. The lowest BCUT2D eigenvalue weighted by molar-refractivity contribution is -0.0819. The highest BCUT2D eigenvalue weighted by Gasteiger charge is 2.14. The van der Waals surface area contributed by atoms with E-state index in [4.69, 9.17) is 27.4 Å². The van der Waals surface area contributed by atoms with Crippen molar-refractivity contribution in [3.05, 3.63) is 18.0 Å². The van der Waals surface area contributed by atoms with E-state index in [0.717, 1.165) is 0 Å². The first-order valence-corrected chi connectivity index (χ1v) is 5.72. The topological polar surface area (TPSA) is 82.3 Å². The Bertz CT molecular complexity index is 396. The molecule has 0 radical (unpaired) electrons. The third-order valence-electron chi connectivity index (χ3n) is 2.28. The van der Waals surface area contributed by atoms with Crippen LogP contribution in [0.25, 0.3) is 0 Å². The summed E-state index contributed by atoms with van der Waals surface area (Å²) in [5.41, 5.74) is 6.04. The molecule has 1 saturated heterocycles. The summed E-state index contributed by atoms with van der Waals surface area (Å²) in [6, 6.07) is 1.67. The predicted octanol–water partition coefficient (Wildman–Crippen LogP) is -0.0619. The minimum absolute atomic E-state index is 0.0286. The highest BCUT2D eigenvalue weighted by Crippen LogP contribution is 2.04. The van der Waals surface area contributed by atoms with Gasteiger partial charge in [0, 0.05) is 12.7 Å². The number of ether oxygens (including phenoxy) is 2. The summed E-state index contributed by atoms with van der Waals surface area (Å²) in [5, 5.41) is 3.07. The van der Waals surface area contributed by atoms with Gasteiger partial charge in [-0.2, -0.15) is 0 Å². The molecule has 92 valence electrons. The van der Waals surface area contributed by atoms with E-state index in [1.54, 1.807) is 12.3 Å². The second-order valence-electron chi connectivity index (χ2n) is 3.58. The number of aromatic nitrogens is 2. The fourth-order valence-corrected chi connectivity index (χ4v) is 1.55. The van der Waals surface area contributed by atoms with E-state index in [-0.39, 0.29) is 11.1 Å². The largest absolute Gasteiger partial charge is 0.388 e. The number of nitrogens with two attached hydrogens (primary N) is 1. The molecule has 0 bridgehead atoms. The Morgan fingerprint density at radius 1 is 1.59 bits per heavy atom. The van der Waals surface area contributed by atoms with E-state index in [1.165, 1.54) is 0 Å². The number of nitrogens with zero attached hydrogens (tertiary/aromatic N) is 2. The van der Waals surface area contributed by atoms with E-state index >= 15 is 0 Å². The maximum absolute atomic E-state index is 5.49. The molecule has 0 aromatic carbocycles. The first-order valence-electron chi connectivity index (χ1n) is 5.32. The Labute approximate surface area is 105 Å². The number of anilines is 1. The van der Waals surface area contributed by atoms with Crippen LogP contribution in [0.4, 0.5) is 5.95 Å². The van der Waals surface area contributed by atoms with E-state index in [2.05, 4.69) is 15.3 Å². The average molecular weight is 254 g/mol. The molecule has 2 heterocycles. The van der Waals surface area contributed by atoms with Crippen molar-refractivity contribution in [2.24, 2.45) is 5.73 Å². The number of hydrogen-bond acceptors (Lipinski definition) is 6. The molecule has 1 aromatic rings. The third kappa shape index (κ3) is 3.58. The number of rotatable bonds is 4. The molecule has 6 nitrogen and oxygen atoms in total. The summed E-state index contributed by atoms with van der Waals surface area (Å²) in [5.74, 6) is 0.490. The van der Waals surface area contributed by atoms with E-state index in [0.29, 0.717) is 38.0 Å². The molecule has 3 N–H and O–H groups in total. The van der Waals surface area contributed by atoms with Crippen molar-refractivity contribution in [2.75, 3.05) is 31.7 Å². The molecule has 2 rings (SSSR count). The van der Waals surface area contributed by atoms with Crippen LogP contribution < -0.4 is 11.1 Å². The molecular weight excluding hydrogens is 240 g/mol. The molecule has 1 atom stereocenters. The Morgan fingerprint density at radius 3 is 3.18 bits per heavy atom. The zero-order chi connectivity index (χ0) is 12.1. The van der Waals surface area contributed by atoms with Crippen molar-refractivity contribution in [3.63, 3.8) is 0 Å². The standard InChI is InChI=1S/C10H14N4O2S/c11-9(17)8-1-2-12-10(14-8)13-5-7-6-15-3-4-16-7/h1-2,7H,3-6H2,(H2,11,17)(H,12,13,14). The Kier molecular flexibility index (Phi) is 4.18. The molecular formula is C10H14N4O2S. The highest BCUT2D eigenvalue weighted by molar-refractivity contribution is 7.80. The van der Waals surface area contributed by atoms with Gasteiger partial charge in [-0.15, -0.1) is 0 Å². The lowest BCUT2D eigenvalue weighted by Crippen LogP contribution is -2.34. The van der Waals surface area contributed by atoms with Gasteiger partial charge in [-0.3, -0.25) is 0 Å².